The number of carbonyl (C=O) groups is 1. The molecule has 1 aliphatic rings. The van der Waals surface area contributed by atoms with Gasteiger partial charge in [-0.15, -0.1) is 11.8 Å². The summed E-state index contributed by atoms with van der Waals surface area (Å²) in [4.78, 5) is 14.8. The van der Waals surface area contributed by atoms with Gasteiger partial charge in [-0.05, 0) is 32.0 Å². The molecule has 2 rings (SSSR count). The Hall–Kier alpha value is -0.710. The molecule has 0 saturated carbocycles. The second kappa shape index (κ2) is 4.52. The first-order chi connectivity index (χ1) is 7.87. The summed E-state index contributed by atoms with van der Waals surface area (Å²) in [5.41, 5.74) is 6.44. The van der Waals surface area contributed by atoms with Crippen LogP contribution in [-0.2, 0) is 4.79 Å². The Bertz CT molecular complexity index is 456. The highest BCUT2D eigenvalue weighted by Crippen LogP contribution is 2.37. The van der Waals surface area contributed by atoms with Crippen LogP contribution in [-0.4, -0.2) is 23.7 Å². The number of nitrogens with two attached hydrogens (primary N) is 1. The molecule has 17 heavy (non-hydrogen) atoms. The Morgan fingerprint density at radius 1 is 1.53 bits per heavy atom. The van der Waals surface area contributed by atoms with Crippen LogP contribution in [0.3, 0.4) is 0 Å². The third-order valence-corrected chi connectivity index (χ3v) is 3.71. The molecular weight excluding hydrogens is 256 g/mol. The Kier molecular flexibility index (Phi) is 3.39. The van der Waals surface area contributed by atoms with Gasteiger partial charge in [0.25, 0.3) is 0 Å². The number of benzene rings is 1. The number of thioether (sulfide) groups is 1. The molecule has 1 heterocycles. The third-order valence-electron chi connectivity index (χ3n) is 2.43. The van der Waals surface area contributed by atoms with Gasteiger partial charge in [-0.1, -0.05) is 11.6 Å². The van der Waals surface area contributed by atoms with Gasteiger partial charge in [-0.25, -0.2) is 0 Å². The van der Waals surface area contributed by atoms with Gasteiger partial charge in [0.15, 0.2) is 0 Å². The van der Waals surface area contributed by atoms with Crippen molar-refractivity contribution in [1.29, 1.82) is 0 Å². The number of halogens is 1. The van der Waals surface area contributed by atoms with Crippen LogP contribution in [0.4, 0.5) is 5.69 Å². The molecule has 0 radical (unpaired) electrons. The number of rotatable bonds is 2. The van der Waals surface area contributed by atoms with Gasteiger partial charge in [0.2, 0.25) is 5.91 Å². The van der Waals surface area contributed by atoms with Crippen LogP contribution in [0.15, 0.2) is 23.1 Å². The highest BCUT2D eigenvalue weighted by Gasteiger charge is 2.28. The number of carbonyl (C=O) groups excluding carboxylic acids is 1. The van der Waals surface area contributed by atoms with Crippen molar-refractivity contribution < 1.29 is 4.79 Å². The Balaban J connectivity index is 2.39. The van der Waals surface area contributed by atoms with Crippen LogP contribution in [0.2, 0.25) is 5.02 Å². The van der Waals surface area contributed by atoms with Crippen LogP contribution in [0.1, 0.15) is 13.8 Å². The number of fused-ring (bicyclic) bond motifs is 1. The van der Waals surface area contributed by atoms with E-state index in [0.717, 1.165) is 10.6 Å². The quantitative estimate of drug-likeness (QED) is 0.898. The van der Waals surface area contributed by atoms with E-state index in [-0.39, 0.29) is 5.91 Å². The van der Waals surface area contributed by atoms with Gasteiger partial charge in [0, 0.05) is 22.0 Å². The summed E-state index contributed by atoms with van der Waals surface area (Å²) < 4.78 is 0. The summed E-state index contributed by atoms with van der Waals surface area (Å²) >= 11 is 7.53. The molecule has 92 valence electrons. The molecule has 0 aromatic heterocycles. The molecule has 0 bridgehead atoms. The first-order valence-electron chi connectivity index (χ1n) is 5.38. The maximum Gasteiger partial charge on any atom is 0.237 e. The molecule has 3 nitrogen and oxygen atoms in total. The lowest BCUT2D eigenvalue weighted by Crippen LogP contribution is -2.49. The van der Waals surface area contributed by atoms with E-state index in [1.165, 1.54) is 0 Å². The van der Waals surface area contributed by atoms with Gasteiger partial charge < -0.3 is 10.6 Å². The van der Waals surface area contributed by atoms with E-state index in [2.05, 4.69) is 0 Å². The monoisotopic (exact) mass is 270 g/mol. The second-order valence-corrected chi connectivity index (χ2v) is 6.32. The molecule has 0 spiro atoms. The molecule has 0 atom stereocenters. The second-order valence-electron chi connectivity index (χ2n) is 4.87. The van der Waals surface area contributed by atoms with Gasteiger partial charge in [-0.2, -0.15) is 0 Å². The molecule has 2 N–H and O–H groups in total. The number of amides is 1. The van der Waals surface area contributed by atoms with Crippen LogP contribution in [0.25, 0.3) is 0 Å². The molecule has 5 heteroatoms. The first kappa shape index (κ1) is 12.7. The number of nitrogens with zero attached hydrogens (tertiary/aromatic N) is 1. The minimum Gasteiger partial charge on any atom is -0.324 e. The van der Waals surface area contributed by atoms with Gasteiger partial charge >= 0.3 is 0 Å². The fraction of sp³-hybridized carbons (Fsp3) is 0.417. The van der Waals surface area contributed by atoms with E-state index >= 15 is 0 Å². The van der Waals surface area contributed by atoms with Crippen LogP contribution >= 0.6 is 23.4 Å². The van der Waals surface area contributed by atoms with Crippen molar-refractivity contribution in [3.8, 4) is 0 Å². The van der Waals surface area contributed by atoms with Crippen LogP contribution in [0.5, 0.6) is 0 Å². The molecule has 1 aliphatic heterocycles. The normalized spacial score (nSPS) is 16.0. The predicted octanol–water partition coefficient (Wildman–Crippen LogP) is 2.52. The van der Waals surface area contributed by atoms with Crippen molar-refractivity contribution >= 4 is 35.0 Å². The molecular formula is C12H15ClN2OS. The average molecular weight is 271 g/mol. The fourth-order valence-electron chi connectivity index (χ4n) is 1.76. The average Bonchev–Trinajstić information content (AvgIpc) is 2.21. The molecule has 0 fully saturated rings. The minimum absolute atomic E-state index is 0.0864. The number of hydrogen-bond donors (Lipinski definition) is 1. The van der Waals surface area contributed by atoms with Gasteiger partial charge in [-0.3, -0.25) is 4.79 Å². The molecule has 1 aromatic rings. The zero-order chi connectivity index (χ0) is 12.6. The van der Waals surface area contributed by atoms with E-state index in [1.54, 1.807) is 16.7 Å². The van der Waals surface area contributed by atoms with Crippen molar-refractivity contribution in [2.24, 2.45) is 5.73 Å². The maximum atomic E-state index is 12.0. The highest BCUT2D eigenvalue weighted by atomic mass is 35.5. The van der Waals surface area contributed by atoms with E-state index in [9.17, 15) is 4.79 Å². The third kappa shape index (κ3) is 2.94. The zero-order valence-corrected chi connectivity index (χ0v) is 11.4. The molecule has 1 amide bonds. The summed E-state index contributed by atoms with van der Waals surface area (Å²) in [5, 5.41) is 0.638. The largest absolute Gasteiger partial charge is 0.324 e. The van der Waals surface area contributed by atoms with Gasteiger partial charge in [0.1, 0.15) is 0 Å². The van der Waals surface area contributed by atoms with Crippen molar-refractivity contribution in [1.82, 2.24) is 0 Å². The Morgan fingerprint density at radius 3 is 2.88 bits per heavy atom. The lowest BCUT2D eigenvalue weighted by molar-refractivity contribution is -0.116. The van der Waals surface area contributed by atoms with Crippen molar-refractivity contribution in [2.45, 2.75) is 24.3 Å². The van der Waals surface area contributed by atoms with E-state index < -0.39 is 5.54 Å². The van der Waals surface area contributed by atoms with Crippen LogP contribution < -0.4 is 10.6 Å². The van der Waals surface area contributed by atoms with Crippen molar-refractivity contribution in [3.05, 3.63) is 23.2 Å². The van der Waals surface area contributed by atoms with Gasteiger partial charge in [0.05, 0.1) is 11.4 Å². The highest BCUT2D eigenvalue weighted by molar-refractivity contribution is 8.00. The first-order valence-corrected chi connectivity index (χ1v) is 6.75. The minimum atomic E-state index is -0.419. The topological polar surface area (TPSA) is 46.3 Å². The summed E-state index contributed by atoms with van der Waals surface area (Å²) in [7, 11) is 0. The molecule has 0 unspecified atom stereocenters. The summed E-state index contributed by atoms with van der Waals surface area (Å²) in [6, 6.07) is 5.62. The molecule has 1 aromatic carbocycles. The van der Waals surface area contributed by atoms with E-state index in [4.69, 9.17) is 17.3 Å². The summed E-state index contributed by atoms with van der Waals surface area (Å²) in [5.74, 6) is 0.549. The lowest BCUT2D eigenvalue weighted by atomic mass is 10.1. The maximum absolute atomic E-state index is 12.0. The van der Waals surface area contributed by atoms with Crippen molar-refractivity contribution in [2.75, 3.05) is 17.2 Å². The summed E-state index contributed by atoms with van der Waals surface area (Å²) in [6.45, 7) is 4.32. The molecule has 0 aliphatic carbocycles. The van der Waals surface area contributed by atoms with Crippen LogP contribution in [0, 0.1) is 0 Å². The molecule has 0 saturated heterocycles. The predicted molar refractivity (Wildman–Crippen MR) is 72.8 cm³/mol. The van der Waals surface area contributed by atoms with E-state index in [1.807, 2.05) is 32.0 Å². The standard InChI is InChI=1S/C12H15ClN2OS/c1-12(2,14)7-15-9-5-8(13)3-4-10(9)17-6-11(15)16/h3-5H,6-7,14H2,1-2H3. The van der Waals surface area contributed by atoms with E-state index in [0.29, 0.717) is 17.3 Å². The lowest BCUT2D eigenvalue weighted by Gasteiger charge is -2.34. The SMILES string of the molecule is CC(C)(N)CN1C(=O)CSc2ccc(Cl)cc21. The zero-order valence-electron chi connectivity index (χ0n) is 9.87. The fourth-order valence-corrected chi connectivity index (χ4v) is 2.84. The summed E-state index contributed by atoms with van der Waals surface area (Å²) in [6.07, 6.45) is 0. The number of anilines is 1. The smallest absolute Gasteiger partial charge is 0.237 e. The van der Waals surface area contributed by atoms with Crippen molar-refractivity contribution in [3.63, 3.8) is 0 Å². The Labute approximate surface area is 110 Å². The Morgan fingerprint density at radius 2 is 2.24 bits per heavy atom. The number of hydrogen-bond acceptors (Lipinski definition) is 3.